The van der Waals surface area contributed by atoms with Gasteiger partial charge >= 0.3 is 0 Å². The van der Waals surface area contributed by atoms with Crippen LogP contribution in [0.25, 0.3) is 98.8 Å². The highest BCUT2D eigenvalue weighted by molar-refractivity contribution is 6.22. The van der Waals surface area contributed by atoms with Crippen LogP contribution in [0, 0.1) is 0 Å². The fourth-order valence-electron chi connectivity index (χ4n) is 9.23. The van der Waals surface area contributed by atoms with E-state index in [0.29, 0.717) is 0 Å². The van der Waals surface area contributed by atoms with Crippen molar-refractivity contribution in [2.24, 2.45) is 0 Å². The number of rotatable bonds is 3. The molecule has 1 heterocycles. The van der Waals surface area contributed by atoms with Gasteiger partial charge < -0.3 is 4.42 Å². The number of fused-ring (bicyclic) bond motifs is 11. The minimum absolute atomic E-state index is 0.127. The van der Waals surface area contributed by atoms with Crippen LogP contribution in [0.1, 0.15) is 25.0 Å². The molecule has 0 radical (unpaired) electrons. The highest BCUT2D eigenvalue weighted by Crippen LogP contribution is 2.54. The van der Waals surface area contributed by atoms with E-state index in [1.807, 2.05) is 0 Å². The molecule has 244 valence electrons. The van der Waals surface area contributed by atoms with Gasteiger partial charge in [0.15, 0.2) is 0 Å². The monoisotopic (exact) mass is 662 g/mol. The third-order valence-corrected chi connectivity index (χ3v) is 11.6. The van der Waals surface area contributed by atoms with Crippen LogP contribution in [0.15, 0.2) is 174 Å². The van der Waals surface area contributed by atoms with Crippen LogP contribution in [0.5, 0.6) is 0 Å². The Kier molecular flexibility index (Phi) is 6.08. The van der Waals surface area contributed by atoms with Gasteiger partial charge in [-0.05, 0) is 107 Å². The molecule has 10 aromatic rings. The van der Waals surface area contributed by atoms with Crippen LogP contribution >= 0.6 is 0 Å². The van der Waals surface area contributed by atoms with Crippen molar-refractivity contribution < 1.29 is 4.42 Å². The number of hydrogen-bond donors (Lipinski definition) is 0. The van der Waals surface area contributed by atoms with Crippen LogP contribution in [-0.2, 0) is 5.41 Å². The molecule has 0 spiro atoms. The van der Waals surface area contributed by atoms with Crippen LogP contribution in [0.2, 0.25) is 0 Å². The Morgan fingerprint density at radius 3 is 1.69 bits per heavy atom. The van der Waals surface area contributed by atoms with Crippen LogP contribution in [0.3, 0.4) is 0 Å². The third-order valence-electron chi connectivity index (χ3n) is 11.6. The Hall–Kier alpha value is -6.44. The first-order valence-electron chi connectivity index (χ1n) is 18.2. The molecule has 0 saturated heterocycles. The SMILES string of the molecule is CC1(C)c2ccc(-c3cccc(-c4c5ccccc5c(-c5ccccc5)c5ccccc45)c3)cc2-c2c1ccc1oc3c4ccccc4ccc3c21. The second-order valence-electron chi connectivity index (χ2n) is 14.8. The molecule has 1 nitrogen and oxygen atoms in total. The summed E-state index contributed by atoms with van der Waals surface area (Å²) in [5.74, 6) is 0. The zero-order valence-electron chi connectivity index (χ0n) is 29.1. The summed E-state index contributed by atoms with van der Waals surface area (Å²) in [5.41, 5.74) is 14.6. The number of benzene rings is 9. The maximum Gasteiger partial charge on any atom is 0.143 e. The molecule has 0 atom stereocenters. The lowest BCUT2D eigenvalue weighted by Gasteiger charge is -2.21. The quantitative estimate of drug-likeness (QED) is 0.172. The van der Waals surface area contributed by atoms with Gasteiger partial charge in [-0.1, -0.05) is 159 Å². The smallest absolute Gasteiger partial charge is 0.143 e. The summed E-state index contributed by atoms with van der Waals surface area (Å²) in [6.45, 7) is 4.72. The van der Waals surface area contributed by atoms with Crippen LogP contribution in [-0.4, -0.2) is 0 Å². The highest BCUT2D eigenvalue weighted by atomic mass is 16.3. The van der Waals surface area contributed by atoms with Crippen molar-refractivity contribution in [3.8, 4) is 44.5 Å². The zero-order chi connectivity index (χ0) is 34.6. The molecule has 1 aromatic heterocycles. The molecular weight excluding hydrogens is 629 g/mol. The first-order chi connectivity index (χ1) is 25.6. The maximum atomic E-state index is 6.66. The van der Waals surface area contributed by atoms with Crippen molar-refractivity contribution in [1.82, 2.24) is 0 Å². The van der Waals surface area contributed by atoms with Crippen molar-refractivity contribution in [2.45, 2.75) is 19.3 Å². The Morgan fingerprint density at radius 1 is 0.385 bits per heavy atom. The lowest BCUT2D eigenvalue weighted by molar-refractivity contribution is 0.657. The summed E-state index contributed by atoms with van der Waals surface area (Å²) in [7, 11) is 0. The number of hydrogen-bond acceptors (Lipinski definition) is 1. The van der Waals surface area contributed by atoms with Crippen molar-refractivity contribution in [1.29, 1.82) is 0 Å². The van der Waals surface area contributed by atoms with Crippen molar-refractivity contribution in [3.05, 3.63) is 181 Å². The average molecular weight is 663 g/mol. The third kappa shape index (κ3) is 4.05. The average Bonchev–Trinajstić information content (AvgIpc) is 3.69. The summed E-state index contributed by atoms with van der Waals surface area (Å²) in [4.78, 5) is 0. The van der Waals surface area contributed by atoms with E-state index in [0.717, 1.165) is 16.6 Å². The van der Waals surface area contributed by atoms with Gasteiger partial charge in [0.25, 0.3) is 0 Å². The van der Waals surface area contributed by atoms with Gasteiger partial charge in [-0.3, -0.25) is 0 Å². The molecule has 0 bridgehead atoms. The van der Waals surface area contributed by atoms with Crippen molar-refractivity contribution in [3.63, 3.8) is 0 Å². The summed E-state index contributed by atoms with van der Waals surface area (Å²) in [6.07, 6.45) is 0. The topological polar surface area (TPSA) is 13.1 Å². The molecule has 9 aromatic carbocycles. The van der Waals surface area contributed by atoms with Gasteiger partial charge in [0.2, 0.25) is 0 Å². The van der Waals surface area contributed by atoms with Gasteiger partial charge in [-0.15, -0.1) is 0 Å². The van der Waals surface area contributed by atoms with Gasteiger partial charge in [0.05, 0.1) is 0 Å². The molecule has 1 heteroatoms. The van der Waals surface area contributed by atoms with E-state index in [2.05, 4.69) is 184 Å². The maximum absolute atomic E-state index is 6.66. The molecular formula is C51H34O. The van der Waals surface area contributed by atoms with Crippen LogP contribution in [0.4, 0.5) is 0 Å². The highest BCUT2D eigenvalue weighted by Gasteiger charge is 2.37. The fourth-order valence-corrected chi connectivity index (χ4v) is 9.23. The Balaban J connectivity index is 1.12. The Labute approximate surface area is 302 Å². The lowest BCUT2D eigenvalue weighted by Crippen LogP contribution is -2.14. The van der Waals surface area contributed by atoms with E-state index >= 15 is 0 Å². The van der Waals surface area contributed by atoms with E-state index < -0.39 is 0 Å². The van der Waals surface area contributed by atoms with Gasteiger partial charge in [0.1, 0.15) is 11.2 Å². The summed E-state index contributed by atoms with van der Waals surface area (Å²) < 4.78 is 6.66. The molecule has 0 saturated carbocycles. The summed E-state index contributed by atoms with van der Waals surface area (Å²) >= 11 is 0. The Bertz CT molecular complexity index is 3030. The van der Waals surface area contributed by atoms with E-state index in [9.17, 15) is 0 Å². The molecule has 1 aliphatic carbocycles. The minimum atomic E-state index is -0.127. The standard InChI is InChI=1S/C51H34O/c1-51(2)43-26-24-34(30-42(43)48-44(51)27-28-45-49(48)41-25-23-31-13-6-7-18-36(31)50(41)52-45)33-16-12-17-35(29-33)47-39-21-10-8-19-37(39)46(32-14-4-3-5-15-32)38-20-9-11-22-40(38)47/h3-30H,1-2H3. The summed E-state index contributed by atoms with van der Waals surface area (Å²) in [5, 5.41) is 9.83. The first kappa shape index (κ1) is 29.3. The van der Waals surface area contributed by atoms with E-state index in [1.165, 1.54) is 93.3 Å². The van der Waals surface area contributed by atoms with E-state index in [-0.39, 0.29) is 5.41 Å². The second kappa shape index (κ2) is 10.8. The molecule has 0 aliphatic heterocycles. The second-order valence-corrected chi connectivity index (χ2v) is 14.8. The lowest BCUT2D eigenvalue weighted by atomic mass is 9.82. The predicted molar refractivity (Wildman–Crippen MR) is 220 cm³/mol. The molecule has 0 N–H and O–H groups in total. The van der Waals surface area contributed by atoms with Gasteiger partial charge in [-0.25, -0.2) is 0 Å². The predicted octanol–water partition coefficient (Wildman–Crippen LogP) is 14.4. The minimum Gasteiger partial charge on any atom is -0.455 e. The normalized spacial score (nSPS) is 13.3. The largest absolute Gasteiger partial charge is 0.455 e. The molecule has 52 heavy (non-hydrogen) atoms. The molecule has 11 rings (SSSR count). The summed E-state index contributed by atoms with van der Waals surface area (Å²) in [6, 6.07) is 62.3. The molecule has 0 unspecified atom stereocenters. The number of furan rings is 1. The molecule has 1 aliphatic rings. The van der Waals surface area contributed by atoms with Crippen LogP contribution < -0.4 is 0 Å². The van der Waals surface area contributed by atoms with Crippen molar-refractivity contribution in [2.75, 3.05) is 0 Å². The van der Waals surface area contributed by atoms with E-state index in [4.69, 9.17) is 4.42 Å². The van der Waals surface area contributed by atoms with Crippen molar-refractivity contribution >= 4 is 54.3 Å². The molecule has 0 amide bonds. The van der Waals surface area contributed by atoms with Gasteiger partial charge in [0, 0.05) is 21.6 Å². The first-order valence-corrected chi connectivity index (χ1v) is 18.2. The van der Waals surface area contributed by atoms with Gasteiger partial charge in [-0.2, -0.15) is 0 Å². The zero-order valence-corrected chi connectivity index (χ0v) is 29.1. The fraction of sp³-hybridized carbons (Fsp3) is 0.0588. The Morgan fingerprint density at radius 2 is 0.962 bits per heavy atom. The molecule has 0 fully saturated rings. The van der Waals surface area contributed by atoms with E-state index in [1.54, 1.807) is 0 Å².